The molecule has 0 bridgehead atoms. The molecule has 0 amide bonds. The van der Waals surface area contributed by atoms with Crippen LogP contribution in [0.3, 0.4) is 0 Å². The zero-order valence-corrected chi connectivity index (χ0v) is 9.96. The second-order valence-corrected chi connectivity index (χ2v) is 5.05. The molecule has 15 heavy (non-hydrogen) atoms. The van der Waals surface area contributed by atoms with E-state index in [4.69, 9.17) is 0 Å². The molecule has 0 N–H and O–H groups in total. The van der Waals surface area contributed by atoms with Crippen molar-refractivity contribution in [3.63, 3.8) is 0 Å². The van der Waals surface area contributed by atoms with Gasteiger partial charge in [-0.15, -0.1) is 0 Å². The van der Waals surface area contributed by atoms with Crippen molar-refractivity contribution in [2.24, 2.45) is 0 Å². The van der Waals surface area contributed by atoms with Crippen LogP contribution >= 0.6 is 8.58 Å². The molecule has 0 heterocycles. The van der Waals surface area contributed by atoms with Gasteiger partial charge in [0.2, 0.25) is 0 Å². The van der Waals surface area contributed by atoms with Crippen LogP contribution in [0.15, 0.2) is 48.5 Å². The van der Waals surface area contributed by atoms with Crippen LogP contribution in [-0.2, 0) is 0 Å². The highest BCUT2D eigenvalue weighted by Crippen LogP contribution is 2.12. The van der Waals surface area contributed by atoms with E-state index < -0.39 is 0 Å². The van der Waals surface area contributed by atoms with Gasteiger partial charge >= 0.3 is 0 Å². The quantitative estimate of drug-likeness (QED) is 0.672. The first-order chi connectivity index (χ1) is 7.24. The fourth-order valence-electron chi connectivity index (χ4n) is 1.67. The molecule has 0 saturated carbocycles. The highest BCUT2D eigenvalue weighted by atomic mass is 31.1. The lowest BCUT2D eigenvalue weighted by atomic mass is 10.2. The Morgan fingerprint density at radius 1 is 0.733 bits per heavy atom. The van der Waals surface area contributed by atoms with Gasteiger partial charge in [-0.05, 0) is 13.8 Å². The van der Waals surface area contributed by atoms with Gasteiger partial charge in [-0.3, -0.25) is 0 Å². The number of benzene rings is 2. The van der Waals surface area contributed by atoms with Crippen molar-refractivity contribution in [3.05, 3.63) is 59.7 Å². The van der Waals surface area contributed by atoms with E-state index in [9.17, 15) is 0 Å². The Kier molecular flexibility index (Phi) is 3.18. The molecule has 76 valence electrons. The fourth-order valence-corrected chi connectivity index (χ4v) is 2.82. The average Bonchev–Trinajstić information content (AvgIpc) is 2.17. The Morgan fingerprint density at radius 3 is 1.93 bits per heavy atom. The average molecular weight is 213 g/mol. The standard InChI is InChI=1S/C14H14P/c1-11-8-12(2)10-14(9-11)15-13-6-4-3-5-7-13/h3-10H,1-2H3/q-1. The first-order valence-corrected chi connectivity index (χ1v) is 5.98. The molecular weight excluding hydrogens is 199 g/mol. The molecule has 0 unspecified atom stereocenters. The van der Waals surface area contributed by atoms with Gasteiger partial charge in [-0.1, -0.05) is 59.7 Å². The van der Waals surface area contributed by atoms with Crippen molar-refractivity contribution in [1.29, 1.82) is 0 Å². The summed E-state index contributed by atoms with van der Waals surface area (Å²) in [4.78, 5) is 0. The molecule has 0 spiro atoms. The third kappa shape index (κ3) is 2.91. The molecule has 2 aromatic rings. The fraction of sp³-hybridized carbons (Fsp3) is 0.143. The maximum atomic E-state index is 2.25. The molecule has 0 aromatic heterocycles. The molecule has 0 saturated heterocycles. The monoisotopic (exact) mass is 213 g/mol. The summed E-state index contributed by atoms with van der Waals surface area (Å²) in [6, 6.07) is 17.3. The number of hydrogen-bond acceptors (Lipinski definition) is 0. The van der Waals surface area contributed by atoms with Crippen LogP contribution < -0.4 is 10.6 Å². The van der Waals surface area contributed by atoms with Gasteiger partial charge in [0.15, 0.2) is 0 Å². The smallest absolute Gasteiger partial charge is 0.0398 e. The van der Waals surface area contributed by atoms with E-state index in [-0.39, 0.29) is 0 Å². The summed E-state index contributed by atoms with van der Waals surface area (Å²) < 4.78 is 0. The molecule has 0 aliphatic heterocycles. The molecule has 0 radical (unpaired) electrons. The van der Waals surface area contributed by atoms with E-state index in [2.05, 4.69) is 62.4 Å². The van der Waals surface area contributed by atoms with Crippen LogP contribution in [0.1, 0.15) is 11.1 Å². The first-order valence-electron chi connectivity index (χ1n) is 5.09. The number of hydrogen-bond donors (Lipinski definition) is 0. The molecule has 0 aliphatic rings. The van der Waals surface area contributed by atoms with E-state index in [1.807, 2.05) is 0 Å². The van der Waals surface area contributed by atoms with E-state index in [1.165, 1.54) is 30.3 Å². The van der Waals surface area contributed by atoms with Crippen LogP contribution in [0.25, 0.3) is 0 Å². The van der Waals surface area contributed by atoms with Gasteiger partial charge in [0.05, 0.1) is 0 Å². The lowest BCUT2D eigenvalue weighted by Crippen LogP contribution is -2.03. The minimum absolute atomic E-state index is 1.29. The van der Waals surface area contributed by atoms with Crippen LogP contribution in [-0.4, -0.2) is 0 Å². The number of aryl methyl sites for hydroxylation is 2. The Labute approximate surface area is 93.1 Å². The minimum Gasteiger partial charge on any atom is -0.472 e. The maximum absolute atomic E-state index is 2.25. The van der Waals surface area contributed by atoms with Crippen molar-refractivity contribution < 1.29 is 0 Å². The summed E-state index contributed by atoms with van der Waals surface area (Å²) in [5.74, 6) is 0. The Bertz CT molecular complexity index is 426. The largest absolute Gasteiger partial charge is 0.472 e. The predicted octanol–water partition coefficient (Wildman–Crippen LogP) is 3.20. The van der Waals surface area contributed by atoms with Gasteiger partial charge in [-0.25, -0.2) is 5.30 Å². The summed E-state index contributed by atoms with van der Waals surface area (Å²) in [7, 11) is 1.29. The summed E-state index contributed by atoms with van der Waals surface area (Å²) in [6.45, 7) is 4.30. The summed E-state index contributed by atoms with van der Waals surface area (Å²) in [5.41, 5.74) is 2.68. The molecule has 2 aromatic carbocycles. The molecule has 1 heteroatoms. The summed E-state index contributed by atoms with van der Waals surface area (Å²) in [5, 5.41) is 2.72. The predicted molar refractivity (Wildman–Crippen MR) is 68.5 cm³/mol. The zero-order chi connectivity index (χ0) is 10.7. The van der Waals surface area contributed by atoms with Crippen molar-refractivity contribution in [3.8, 4) is 0 Å². The second-order valence-electron chi connectivity index (χ2n) is 3.79. The van der Waals surface area contributed by atoms with Crippen LogP contribution in [0, 0.1) is 13.8 Å². The SMILES string of the molecule is Cc1cc(C)cc([P-]c2ccccc2)c1. The normalized spacial score (nSPS) is 11.1. The van der Waals surface area contributed by atoms with Gasteiger partial charge in [-0.2, -0.15) is 5.30 Å². The van der Waals surface area contributed by atoms with Crippen LogP contribution in [0.2, 0.25) is 0 Å². The molecule has 0 aliphatic carbocycles. The van der Waals surface area contributed by atoms with Crippen molar-refractivity contribution in [2.75, 3.05) is 0 Å². The van der Waals surface area contributed by atoms with E-state index in [0.717, 1.165) is 0 Å². The van der Waals surface area contributed by atoms with Crippen LogP contribution in [0.4, 0.5) is 0 Å². The minimum atomic E-state index is 1.29. The topological polar surface area (TPSA) is 0 Å². The maximum Gasteiger partial charge on any atom is -0.0398 e. The summed E-state index contributed by atoms with van der Waals surface area (Å²) in [6.07, 6.45) is 0. The molecule has 0 nitrogen and oxygen atoms in total. The Balaban J connectivity index is 2.25. The molecule has 0 atom stereocenters. The molecule has 0 fully saturated rings. The first kappa shape index (κ1) is 10.4. The summed E-state index contributed by atoms with van der Waals surface area (Å²) >= 11 is 0. The molecular formula is C14H14P-. The highest BCUT2D eigenvalue weighted by Gasteiger charge is 1.87. The second kappa shape index (κ2) is 4.59. The van der Waals surface area contributed by atoms with Crippen molar-refractivity contribution in [1.82, 2.24) is 0 Å². The lowest BCUT2D eigenvalue weighted by Gasteiger charge is -2.20. The van der Waals surface area contributed by atoms with E-state index in [0.29, 0.717) is 0 Å². The zero-order valence-electron chi connectivity index (χ0n) is 9.07. The van der Waals surface area contributed by atoms with Gasteiger partial charge < -0.3 is 8.58 Å². The molecule has 2 rings (SSSR count). The van der Waals surface area contributed by atoms with Crippen molar-refractivity contribution in [2.45, 2.75) is 13.8 Å². The highest BCUT2D eigenvalue weighted by molar-refractivity contribution is 7.55. The Hall–Kier alpha value is -1.13. The van der Waals surface area contributed by atoms with Gasteiger partial charge in [0.25, 0.3) is 0 Å². The third-order valence-corrected chi connectivity index (χ3v) is 3.29. The lowest BCUT2D eigenvalue weighted by molar-refractivity contribution is 1.41. The van der Waals surface area contributed by atoms with Gasteiger partial charge in [0, 0.05) is 0 Å². The van der Waals surface area contributed by atoms with E-state index >= 15 is 0 Å². The number of rotatable bonds is 2. The van der Waals surface area contributed by atoms with E-state index in [1.54, 1.807) is 0 Å². The van der Waals surface area contributed by atoms with Crippen molar-refractivity contribution >= 4 is 19.2 Å². The van der Waals surface area contributed by atoms with Gasteiger partial charge in [0.1, 0.15) is 0 Å². The Morgan fingerprint density at radius 2 is 1.33 bits per heavy atom. The third-order valence-electron chi connectivity index (χ3n) is 2.22. The van der Waals surface area contributed by atoms with Crippen LogP contribution in [0.5, 0.6) is 0 Å².